The lowest BCUT2D eigenvalue weighted by Crippen LogP contribution is -2.10. The molecular formula is C52H33N5. The number of anilines is 3. The second kappa shape index (κ2) is 13.5. The lowest BCUT2D eigenvalue weighted by atomic mass is 9.96. The van der Waals surface area contributed by atoms with Gasteiger partial charge in [0.2, 0.25) is 0 Å². The maximum atomic E-state index is 4.48. The Morgan fingerprint density at radius 1 is 0.281 bits per heavy atom. The number of benzene rings is 7. The van der Waals surface area contributed by atoms with E-state index in [1.165, 1.54) is 43.4 Å². The number of hydrogen-bond acceptors (Lipinski definition) is 5. The van der Waals surface area contributed by atoms with Crippen LogP contribution in [0.15, 0.2) is 201 Å². The highest BCUT2D eigenvalue weighted by molar-refractivity contribution is 6.10. The van der Waals surface area contributed by atoms with E-state index in [4.69, 9.17) is 0 Å². The van der Waals surface area contributed by atoms with Crippen LogP contribution < -0.4 is 4.90 Å². The Morgan fingerprint density at radius 2 is 0.737 bits per heavy atom. The van der Waals surface area contributed by atoms with E-state index in [0.717, 1.165) is 61.4 Å². The first-order valence-electron chi connectivity index (χ1n) is 19.1. The number of fused-ring (bicyclic) bond motifs is 6. The lowest BCUT2D eigenvalue weighted by Gasteiger charge is -2.26. The number of pyridine rings is 4. The van der Waals surface area contributed by atoms with Gasteiger partial charge >= 0.3 is 0 Å². The van der Waals surface area contributed by atoms with E-state index in [2.05, 4.69) is 189 Å². The van der Waals surface area contributed by atoms with Crippen LogP contribution in [0.2, 0.25) is 0 Å². The van der Waals surface area contributed by atoms with Crippen molar-refractivity contribution >= 4 is 71.4 Å². The van der Waals surface area contributed by atoms with Crippen LogP contribution in [-0.2, 0) is 0 Å². The fourth-order valence-corrected chi connectivity index (χ4v) is 8.24. The monoisotopic (exact) mass is 727 g/mol. The SMILES string of the molecule is c1ccc2cc(-c3ccc4c(ccc5cc(N(c6ccc(-c7ccnc8ncccc78)cc6)c6ccc(-c7ccnc8ncccc78)cc6)ccc54)c3)ccc2c1. The molecule has 11 aromatic rings. The van der Waals surface area contributed by atoms with Gasteiger partial charge in [-0.25, -0.2) is 19.9 Å². The third kappa shape index (κ3) is 5.81. The number of hydrogen-bond donors (Lipinski definition) is 0. The molecule has 4 aromatic heterocycles. The highest BCUT2D eigenvalue weighted by Crippen LogP contribution is 2.40. The van der Waals surface area contributed by atoms with Gasteiger partial charge in [-0.1, -0.05) is 91.0 Å². The Morgan fingerprint density at radius 3 is 1.35 bits per heavy atom. The molecule has 0 aliphatic heterocycles. The average Bonchev–Trinajstić information content (AvgIpc) is 3.29. The molecule has 11 rings (SSSR count). The quantitative estimate of drug-likeness (QED) is 0.160. The first kappa shape index (κ1) is 32.7. The van der Waals surface area contributed by atoms with Crippen LogP contribution in [0.25, 0.3) is 87.8 Å². The van der Waals surface area contributed by atoms with Gasteiger partial charge in [-0.3, -0.25) is 0 Å². The molecule has 0 radical (unpaired) electrons. The van der Waals surface area contributed by atoms with E-state index >= 15 is 0 Å². The molecule has 4 heterocycles. The summed E-state index contributed by atoms with van der Waals surface area (Å²) in [5.74, 6) is 0. The van der Waals surface area contributed by atoms with E-state index in [1.807, 2.05) is 24.5 Å². The highest BCUT2D eigenvalue weighted by atomic mass is 15.1. The third-order valence-electron chi connectivity index (χ3n) is 11.1. The van der Waals surface area contributed by atoms with Gasteiger partial charge in [-0.2, -0.15) is 0 Å². The van der Waals surface area contributed by atoms with E-state index in [-0.39, 0.29) is 0 Å². The standard InChI is InChI=1S/C52H33N5/c1-2-6-37-31-38(10-9-34(37)5-1)39-17-23-45-40(32-39)11-12-41-33-44(22-24-46(41)45)57(42-18-13-35(14-19-42)47-25-29-55-51-49(47)7-3-27-53-51)43-20-15-36(16-21-43)48-26-30-56-52-50(48)8-4-28-54-52/h1-33H. The molecule has 0 saturated carbocycles. The minimum atomic E-state index is 0.743. The van der Waals surface area contributed by atoms with Crippen LogP contribution in [0.3, 0.4) is 0 Å². The molecule has 266 valence electrons. The van der Waals surface area contributed by atoms with Gasteiger partial charge in [0, 0.05) is 52.6 Å². The summed E-state index contributed by atoms with van der Waals surface area (Å²) in [4.78, 5) is 20.3. The summed E-state index contributed by atoms with van der Waals surface area (Å²) in [7, 11) is 0. The van der Waals surface area contributed by atoms with Gasteiger partial charge in [0.05, 0.1) is 0 Å². The van der Waals surface area contributed by atoms with E-state index in [1.54, 1.807) is 12.4 Å². The fourth-order valence-electron chi connectivity index (χ4n) is 8.24. The Bertz CT molecular complexity index is 3170. The Balaban J connectivity index is 1.00. The molecule has 0 N–H and O–H groups in total. The Kier molecular flexibility index (Phi) is 7.74. The van der Waals surface area contributed by atoms with Crippen LogP contribution >= 0.6 is 0 Å². The molecule has 0 atom stereocenters. The van der Waals surface area contributed by atoms with Crippen LogP contribution in [-0.4, -0.2) is 19.9 Å². The predicted octanol–water partition coefficient (Wildman–Crippen LogP) is 13.5. The molecule has 57 heavy (non-hydrogen) atoms. The molecule has 0 aliphatic rings. The molecule has 0 saturated heterocycles. The van der Waals surface area contributed by atoms with Crippen LogP contribution in [0, 0.1) is 0 Å². The zero-order valence-electron chi connectivity index (χ0n) is 30.8. The van der Waals surface area contributed by atoms with Crippen molar-refractivity contribution in [2.75, 3.05) is 4.90 Å². The minimum Gasteiger partial charge on any atom is -0.310 e. The van der Waals surface area contributed by atoms with E-state index < -0.39 is 0 Å². The zero-order valence-corrected chi connectivity index (χ0v) is 30.8. The molecule has 0 fully saturated rings. The normalized spacial score (nSPS) is 11.5. The topological polar surface area (TPSA) is 54.8 Å². The van der Waals surface area contributed by atoms with Gasteiger partial charge in [0.15, 0.2) is 11.3 Å². The Labute approximate surface area is 329 Å². The molecule has 0 bridgehead atoms. The van der Waals surface area contributed by atoms with Gasteiger partial charge in [-0.15, -0.1) is 0 Å². The summed E-state index contributed by atoms with van der Waals surface area (Å²) in [5.41, 5.74) is 11.6. The molecule has 0 amide bonds. The highest BCUT2D eigenvalue weighted by Gasteiger charge is 2.16. The summed E-state index contributed by atoms with van der Waals surface area (Å²) in [6.45, 7) is 0. The van der Waals surface area contributed by atoms with Gasteiger partial charge in [0.25, 0.3) is 0 Å². The number of nitrogens with zero attached hydrogens (tertiary/aromatic N) is 5. The second-order valence-electron chi connectivity index (χ2n) is 14.4. The van der Waals surface area contributed by atoms with Crippen molar-refractivity contribution in [2.24, 2.45) is 0 Å². The van der Waals surface area contributed by atoms with Gasteiger partial charge < -0.3 is 4.90 Å². The van der Waals surface area contributed by atoms with Crippen molar-refractivity contribution in [2.45, 2.75) is 0 Å². The molecule has 0 aliphatic carbocycles. The summed E-state index contributed by atoms with van der Waals surface area (Å²) >= 11 is 0. The van der Waals surface area contributed by atoms with Crippen molar-refractivity contribution in [3.05, 3.63) is 201 Å². The summed E-state index contributed by atoms with van der Waals surface area (Å²) < 4.78 is 0. The van der Waals surface area contributed by atoms with E-state index in [9.17, 15) is 0 Å². The minimum absolute atomic E-state index is 0.743. The second-order valence-corrected chi connectivity index (χ2v) is 14.4. The zero-order chi connectivity index (χ0) is 37.7. The fraction of sp³-hybridized carbons (Fsp3) is 0. The maximum absolute atomic E-state index is 4.48. The van der Waals surface area contributed by atoms with Crippen molar-refractivity contribution in [3.8, 4) is 33.4 Å². The van der Waals surface area contributed by atoms with Gasteiger partial charge in [0.1, 0.15) is 0 Å². The van der Waals surface area contributed by atoms with Crippen molar-refractivity contribution < 1.29 is 0 Å². The first-order chi connectivity index (χ1) is 28.2. The Hall–Kier alpha value is -7.76. The van der Waals surface area contributed by atoms with Crippen LogP contribution in [0.5, 0.6) is 0 Å². The smallest absolute Gasteiger partial charge is 0.159 e. The lowest BCUT2D eigenvalue weighted by molar-refractivity contribution is 1.28. The van der Waals surface area contributed by atoms with Gasteiger partial charge in [-0.05, 0) is 151 Å². The molecule has 5 nitrogen and oxygen atoms in total. The average molecular weight is 728 g/mol. The maximum Gasteiger partial charge on any atom is 0.159 e. The third-order valence-corrected chi connectivity index (χ3v) is 11.1. The number of aromatic nitrogens is 4. The van der Waals surface area contributed by atoms with Crippen molar-refractivity contribution in [3.63, 3.8) is 0 Å². The molecule has 0 spiro atoms. The summed E-state index contributed by atoms with van der Waals surface area (Å²) in [5, 5.41) is 9.44. The molecule has 0 unspecified atom stereocenters. The van der Waals surface area contributed by atoms with Crippen molar-refractivity contribution in [1.82, 2.24) is 19.9 Å². The van der Waals surface area contributed by atoms with E-state index in [0.29, 0.717) is 0 Å². The molecular weight excluding hydrogens is 695 g/mol. The van der Waals surface area contributed by atoms with Crippen LogP contribution in [0.1, 0.15) is 0 Å². The van der Waals surface area contributed by atoms with Crippen molar-refractivity contribution in [1.29, 1.82) is 0 Å². The number of rotatable bonds is 6. The largest absolute Gasteiger partial charge is 0.310 e. The summed E-state index contributed by atoms with van der Waals surface area (Å²) in [6, 6.07) is 63.2. The first-order valence-corrected chi connectivity index (χ1v) is 19.1. The molecule has 5 heteroatoms. The molecule has 7 aromatic carbocycles. The predicted molar refractivity (Wildman–Crippen MR) is 236 cm³/mol. The van der Waals surface area contributed by atoms with Crippen LogP contribution in [0.4, 0.5) is 17.1 Å². The summed E-state index contributed by atoms with van der Waals surface area (Å²) in [6.07, 6.45) is 7.24.